The summed E-state index contributed by atoms with van der Waals surface area (Å²) >= 11 is 1.68. The van der Waals surface area contributed by atoms with Crippen LogP contribution in [0.1, 0.15) is 53.4 Å². The number of hydrogen-bond donors (Lipinski definition) is 1. The summed E-state index contributed by atoms with van der Waals surface area (Å²) in [7, 11) is 0. The summed E-state index contributed by atoms with van der Waals surface area (Å²) in [6.45, 7) is 10.5. The molecule has 0 bridgehead atoms. The summed E-state index contributed by atoms with van der Waals surface area (Å²) in [6, 6.07) is 8.00. The van der Waals surface area contributed by atoms with Crippen LogP contribution in [0.2, 0.25) is 0 Å². The Morgan fingerprint density at radius 1 is 1.15 bits per heavy atom. The second-order valence-corrected chi connectivity index (χ2v) is 7.34. The molecule has 1 aromatic heterocycles. The summed E-state index contributed by atoms with van der Waals surface area (Å²) in [5.41, 5.74) is 2.92. The van der Waals surface area contributed by atoms with Crippen LogP contribution in [0.5, 0.6) is 0 Å². The average Bonchev–Trinajstić information content (AvgIpc) is 3.14. The van der Waals surface area contributed by atoms with Crippen LogP contribution >= 0.6 is 11.3 Å². The molecule has 5 heteroatoms. The number of anilines is 2. The van der Waals surface area contributed by atoms with Crippen LogP contribution in [-0.2, 0) is 4.79 Å². The monoisotopic (exact) mass is 373 g/mol. The normalized spacial score (nSPS) is 12.0. The predicted octanol–water partition coefficient (Wildman–Crippen LogP) is 5.81. The van der Waals surface area contributed by atoms with Crippen LogP contribution in [0.15, 0.2) is 29.6 Å². The first-order chi connectivity index (χ1) is 12.6. The lowest BCUT2D eigenvalue weighted by Crippen LogP contribution is -2.22. The molecular weight excluding hydrogens is 342 g/mol. The molecule has 1 amide bonds. The van der Waals surface area contributed by atoms with E-state index < -0.39 is 0 Å². The molecule has 0 spiro atoms. The zero-order chi connectivity index (χ0) is 18.9. The highest BCUT2D eigenvalue weighted by Crippen LogP contribution is 2.28. The van der Waals surface area contributed by atoms with Crippen molar-refractivity contribution in [3.8, 4) is 11.3 Å². The standard InChI is InChI=1S/C21H31N3OS/c1-5-9-10-16(6-2)20(25)22-18-13-11-17(12-14-18)19-15-26-21(23-19)24(7-3)8-4/h11-16H,5-10H2,1-4H3,(H,22,25)/t16-/m1/s1. The maximum atomic E-state index is 12.4. The second-order valence-electron chi connectivity index (χ2n) is 6.50. The van der Waals surface area contributed by atoms with Gasteiger partial charge < -0.3 is 10.2 Å². The Balaban J connectivity index is 2.03. The van der Waals surface area contributed by atoms with Crippen molar-refractivity contribution >= 4 is 28.1 Å². The molecule has 0 aliphatic rings. The van der Waals surface area contributed by atoms with Gasteiger partial charge in [-0.15, -0.1) is 11.3 Å². The van der Waals surface area contributed by atoms with Crippen LogP contribution in [0.4, 0.5) is 10.8 Å². The number of unbranched alkanes of at least 4 members (excludes halogenated alkanes) is 1. The molecular formula is C21H31N3OS. The largest absolute Gasteiger partial charge is 0.349 e. The lowest BCUT2D eigenvalue weighted by molar-refractivity contribution is -0.120. The third-order valence-corrected chi connectivity index (χ3v) is 5.65. The van der Waals surface area contributed by atoms with Gasteiger partial charge in [-0.05, 0) is 38.8 Å². The van der Waals surface area contributed by atoms with E-state index in [4.69, 9.17) is 4.98 Å². The third kappa shape index (κ3) is 5.31. The molecule has 1 atom stereocenters. The van der Waals surface area contributed by atoms with Gasteiger partial charge in [0.05, 0.1) is 5.69 Å². The van der Waals surface area contributed by atoms with Gasteiger partial charge in [0, 0.05) is 35.6 Å². The Morgan fingerprint density at radius 3 is 2.42 bits per heavy atom. The number of carbonyl (C=O) groups excluding carboxylic acids is 1. The molecule has 0 aliphatic heterocycles. The molecule has 1 N–H and O–H groups in total. The van der Waals surface area contributed by atoms with E-state index in [1.54, 1.807) is 11.3 Å². The van der Waals surface area contributed by atoms with Crippen molar-refractivity contribution in [2.75, 3.05) is 23.3 Å². The minimum Gasteiger partial charge on any atom is -0.349 e. The summed E-state index contributed by atoms with van der Waals surface area (Å²) in [5.74, 6) is 0.232. The Morgan fingerprint density at radius 2 is 1.85 bits per heavy atom. The number of thiazole rings is 1. The van der Waals surface area contributed by atoms with E-state index in [1.165, 1.54) is 0 Å². The number of carbonyl (C=O) groups is 1. The SMILES string of the molecule is CCCC[C@@H](CC)C(=O)Nc1ccc(-c2csc(N(CC)CC)n2)cc1. The second kappa shape index (κ2) is 10.3. The number of benzene rings is 1. The van der Waals surface area contributed by atoms with Crippen molar-refractivity contribution in [3.05, 3.63) is 29.6 Å². The van der Waals surface area contributed by atoms with Gasteiger partial charge in [0.15, 0.2) is 5.13 Å². The van der Waals surface area contributed by atoms with Crippen molar-refractivity contribution in [2.45, 2.75) is 53.4 Å². The third-order valence-electron chi connectivity index (χ3n) is 4.74. The maximum absolute atomic E-state index is 12.4. The molecule has 1 aromatic carbocycles. The van der Waals surface area contributed by atoms with Gasteiger partial charge in [-0.2, -0.15) is 0 Å². The Labute approximate surface area is 161 Å². The van der Waals surface area contributed by atoms with Gasteiger partial charge >= 0.3 is 0 Å². The van der Waals surface area contributed by atoms with Crippen LogP contribution in [-0.4, -0.2) is 24.0 Å². The number of nitrogens with one attached hydrogen (secondary N) is 1. The molecule has 2 aromatic rings. The van der Waals surface area contributed by atoms with Gasteiger partial charge in [-0.25, -0.2) is 4.98 Å². The first-order valence-corrected chi connectivity index (χ1v) is 10.6. The highest BCUT2D eigenvalue weighted by Gasteiger charge is 2.16. The summed E-state index contributed by atoms with van der Waals surface area (Å²) in [5, 5.41) is 6.21. The molecule has 1 heterocycles. The fraction of sp³-hybridized carbons (Fsp3) is 0.524. The molecule has 26 heavy (non-hydrogen) atoms. The molecule has 0 unspecified atom stereocenters. The quantitative estimate of drug-likeness (QED) is 0.571. The summed E-state index contributed by atoms with van der Waals surface area (Å²) < 4.78 is 0. The molecule has 0 saturated heterocycles. The molecule has 2 rings (SSSR count). The van der Waals surface area contributed by atoms with E-state index in [2.05, 4.69) is 43.3 Å². The van der Waals surface area contributed by atoms with Crippen LogP contribution in [0, 0.1) is 5.92 Å². The minimum atomic E-state index is 0.102. The smallest absolute Gasteiger partial charge is 0.227 e. The van der Waals surface area contributed by atoms with E-state index >= 15 is 0 Å². The molecule has 0 aliphatic carbocycles. The van der Waals surface area contributed by atoms with Crippen molar-refractivity contribution in [3.63, 3.8) is 0 Å². The van der Waals surface area contributed by atoms with E-state index in [0.717, 1.165) is 60.8 Å². The van der Waals surface area contributed by atoms with Gasteiger partial charge in [-0.1, -0.05) is 38.8 Å². The lowest BCUT2D eigenvalue weighted by atomic mass is 9.98. The van der Waals surface area contributed by atoms with Gasteiger partial charge in [0.1, 0.15) is 0 Å². The van der Waals surface area contributed by atoms with Crippen molar-refractivity contribution < 1.29 is 4.79 Å². The number of rotatable bonds is 10. The van der Waals surface area contributed by atoms with Crippen LogP contribution in [0.25, 0.3) is 11.3 Å². The zero-order valence-electron chi connectivity index (χ0n) is 16.4. The first-order valence-electron chi connectivity index (χ1n) is 9.74. The zero-order valence-corrected chi connectivity index (χ0v) is 17.2. The van der Waals surface area contributed by atoms with E-state index in [-0.39, 0.29) is 11.8 Å². The van der Waals surface area contributed by atoms with Crippen molar-refractivity contribution in [2.24, 2.45) is 5.92 Å². The maximum Gasteiger partial charge on any atom is 0.227 e. The molecule has 4 nitrogen and oxygen atoms in total. The lowest BCUT2D eigenvalue weighted by Gasteiger charge is -2.16. The number of nitrogens with zero attached hydrogens (tertiary/aromatic N) is 2. The first kappa shape index (κ1) is 20.4. The van der Waals surface area contributed by atoms with E-state index in [9.17, 15) is 4.79 Å². The number of amides is 1. The van der Waals surface area contributed by atoms with Gasteiger partial charge in [0.2, 0.25) is 5.91 Å². The molecule has 0 radical (unpaired) electrons. The molecule has 0 saturated carbocycles. The van der Waals surface area contributed by atoms with Crippen LogP contribution < -0.4 is 10.2 Å². The summed E-state index contributed by atoms with van der Waals surface area (Å²) in [4.78, 5) is 19.4. The predicted molar refractivity (Wildman–Crippen MR) is 113 cm³/mol. The topological polar surface area (TPSA) is 45.2 Å². The average molecular weight is 374 g/mol. The van der Waals surface area contributed by atoms with E-state index in [0.29, 0.717) is 0 Å². The Kier molecular flexibility index (Phi) is 8.10. The Hall–Kier alpha value is -1.88. The molecule has 0 fully saturated rings. The summed E-state index contributed by atoms with van der Waals surface area (Å²) in [6.07, 6.45) is 4.08. The fourth-order valence-electron chi connectivity index (χ4n) is 2.98. The highest BCUT2D eigenvalue weighted by molar-refractivity contribution is 7.14. The van der Waals surface area contributed by atoms with Crippen molar-refractivity contribution in [1.29, 1.82) is 0 Å². The number of hydrogen-bond acceptors (Lipinski definition) is 4. The fourth-order valence-corrected chi connectivity index (χ4v) is 3.94. The van der Waals surface area contributed by atoms with Crippen molar-refractivity contribution in [1.82, 2.24) is 4.98 Å². The highest BCUT2D eigenvalue weighted by atomic mass is 32.1. The van der Waals surface area contributed by atoms with Gasteiger partial charge in [-0.3, -0.25) is 4.79 Å². The van der Waals surface area contributed by atoms with Gasteiger partial charge in [0.25, 0.3) is 0 Å². The molecule has 142 valence electrons. The minimum absolute atomic E-state index is 0.102. The van der Waals surface area contributed by atoms with Crippen LogP contribution in [0.3, 0.4) is 0 Å². The Bertz CT molecular complexity index is 677. The number of aromatic nitrogens is 1. The van der Waals surface area contributed by atoms with E-state index in [1.807, 2.05) is 24.3 Å².